The van der Waals surface area contributed by atoms with Crippen molar-refractivity contribution in [3.8, 4) is 0 Å². The summed E-state index contributed by atoms with van der Waals surface area (Å²) in [6.07, 6.45) is 2.20. The molecule has 0 saturated heterocycles. The smallest absolute Gasteiger partial charge is 0.268 e. The predicted molar refractivity (Wildman–Crippen MR) is 82.5 cm³/mol. The van der Waals surface area contributed by atoms with Crippen molar-refractivity contribution >= 4 is 27.5 Å². The number of aromatic nitrogens is 2. The molecule has 2 heterocycles. The van der Waals surface area contributed by atoms with E-state index in [1.807, 2.05) is 12.3 Å². The molecule has 0 unspecified atom stereocenters. The maximum absolute atomic E-state index is 12.1. The van der Waals surface area contributed by atoms with Gasteiger partial charge in [0.05, 0.1) is 18.6 Å². The fraction of sp³-hybridized carbons (Fsp3) is 0.500. The Morgan fingerprint density at radius 1 is 1.57 bits per heavy atom. The molecule has 7 heteroatoms. The third kappa shape index (κ3) is 2.98. The summed E-state index contributed by atoms with van der Waals surface area (Å²) in [7, 11) is 1.63. The fourth-order valence-corrected chi connectivity index (χ4v) is 3.26. The summed E-state index contributed by atoms with van der Waals surface area (Å²) in [6, 6.07) is 0.423. The van der Waals surface area contributed by atoms with Gasteiger partial charge in [0.1, 0.15) is 10.5 Å². The molecule has 21 heavy (non-hydrogen) atoms. The molecule has 1 aliphatic carbocycles. The number of rotatable bonds is 5. The van der Waals surface area contributed by atoms with E-state index in [4.69, 9.17) is 0 Å². The van der Waals surface area contributed by atoms with Crippen LogP contribution >= 0.6 is 11.3 Å². The molecule has 2 aromatic rings. The Bertz CT molecular complexity index is 732. The summed E-state index contributed by atoms with van der Waals surface area (Å²) in [6.45, 7) is 2.79. The number of carbonyl (C=O) groups is 1. The lowest BCUT2D eigenvalue weighted by Gasteiger charge is -2.20. The first-order valence-electron chi connectivity index (χ1n) is 7.00. The third-order valence-corrected chi connectivity index (χ3v) is 4.78. The van der Waals surface area contributed by atoms with Crippen molar-refractivity contribution in [2.75, 3.05) is 13.6 Å². The molecule has 0 radical (unpaired) electrons. The zero-order chi connectivity index (χ0) is 15.0. The Hall–Kier alpha value is -1.73. The molecule has 2 aromatic heterocycles. The number of thiophene rings is 1. The highest BCUT2D eigenvalue weighted by molar-refractivity contribution is 7.17. The average molecular weight is 306 g/mol. The van der Waals surface area contributed by atoms with Gasteiger partial charge in [-0.05, 0) is 30.7 Å². The minimum atomic E-state index is -0.0937. The van der Waals surface area contributed by atoms with Crippen LogP contribution in [0.5, 0.6) is 0 Å². The first kappa shape index (κ1) is 14.2. The molecule has 0 spiro atoms. The Kier molecular flexibility index (Phi) is 3.77. The van der Waals surface area contributed by atoms with Crippen molar-refractivity contribution in [3.63, 3.8) is 0 Å². The van der Waals surface area contributed by atoms with Crippen LogP contribution in [0, 0.1) is 6.92 Å². The summed E-state index contributed by atoms with van der Waals surface area (Å²) in [4.78, 5) is 33.1. The molecular formula is C14H18N4O2S. The lowest BCUT2D eigenvalue weighted by molar-refractivity contribution is -0.122. The van der Waals surface area contributed by atoms with Gasteiger partial charge in [0.2, 0.25) is 5.91 Å². The van der Waals surface area contributed by atoms with Crippen molar-refractivity contribution in [2.24, 2.45) is 0 Å². The van der Waals surface area contributed by atoms with Crippen molar-refractivity contribution in [1.29, 1.82) is 0 Å². The summed E-state index contributed by atoms with van der Waals surface area (Å²) in [5.41, 5.74) is 1.70. The quantitative estimate of drug-likeness (QED) is 0.864. The first-order chi connectivity index (χ1) is 10.1. The number of carbonyl (C=O) groups excluding carboxylic acids is 1. The minimum Gasteiger partial charge on any atom is -0.358 e. The van der Waals surface area contributed by atoms with E-state index in [1.54, 1.807) is 7.05 Å². The number of nitrogens with one attached hydrogen (secondary N) is 2. The number of amides is 1. The maximum Gasteiger partial charge on any atom is 0.268 e. The van der Waals surface area contributed by atoms with Crippen LogP contribution in [0.2, 0.25) is 0 Å². The summed E-state index contributed by atoms with van der Waals surface area (Å²) in [5.74, 6) is 0.613. The lowest BCUT2D eigenvalue weighted by Crippen LogP contribution is -2.37. The van der Waals surface area contributed by atoms with Crippen molar-refractivity contribution < 1.29 is 4.79 Å². The van der Waals surface area contributed by atoms with Crippen LogP contribution in [0.4, 0.5) is 0 Å². The SMILES string of the molecule is CNC(=O)CN(Cc1nc2c(C)csc2c(=O)[nH]1)C1CC1. The van der Waals surface area contributed by atoms with Gasteiger partial charge < -0.3 is 10.3 Å². The van der Waals surface area contributed by atoms with Crippen LogP contribution in [-0.4, -0.2) is 40.4 Å². The van der Waals surface area contributed by atoms with Gasteiger partial charge in [0.25, 0.3) is 5.56 Å². The lowest BCUT2D eigenvalue weighted by atomic mass is 10.3. The summed E-state index contributed by atoms with van der Waals surface area (Å²) in [5, 5.41) is 4.58. The van der Waals surface area contributed by atoms with Crippen LogP contribution in [0.25, 0.3) is 10.2 Å². The second-order valence-electron chi connectivity index (χ2n) is 5.42. The predicted octanol–water partition coefficient (Wildman–Crippen LogP) is 1.00. The molecule has 1 fully saturated rings. The van der Waals surface area contributed by atoms with Gasteiger partial charge in [-0.2, -0.15) is 0 Å². The summed E-state index contributed by atoms with van der Waals surface area (Å²) >= 11 is 1.42. The van der Waals surface area contributed by atoms with Gasteiger partial charge in [0, 0.05) is 13.1 Å². The second kappa shape index (κ2) is 5.57. The highest BCUT2D eigenvalue weighted by atomic mass is 32.1. The van der Waals surface area contributed by atoms with Gasteiger partial charge >= 0.3 is 0 Å². The molecule has 0 aliphatic heterocycles. The van der Waals surface area contributed by atoms with Gasteiger partial charge in [-0.15, -0.1) is 11.3 Å². The molecule has 112 valence electrons. The number of likely N-dealkylation sites (N-methyl/N-ethyl adjacent to an activating group) is 1. The largest absolute Gasteiger partial charge is 0.358 e. The molecule has 0 bridgehead atoms. The molecule has 1 saturated carbocycles. The Morgan fingerprint density at radius 3 is 3.00 bits per heavy atom. The van der Waals surface area contributed by atoms with Gasteiger partial charge in [0.15, 0.2) is 0 Å². The number of hydrogen-bond donors (Lipinski definition) is 2. The van der Waals surface area contributed by atoms with E-state index in [-0.39, 0.29) is 11.5 Å². The Morgan fingerprint density at radius 2 is 2.33 bits per heavy atom. The molecule has 0 aromatic carbocycles. The van der Waals surface area contributed by atoms with E-state index in [1.165, 1.54) is 11.3 Å². The van der Waals surface area contributed by atoms with Crippen molar-refractivity contribution in [2.45, 2.75) is 32.4 Å². The van der Waals surface area contributed by atoms with Gasteiger partial charge in [-0.1, -0.05) is 0 Å². The van der Waals surface area contributed by atoms with E-state index in [2.05, 4.69) is 20.2 Å². The molecule has 3 rings (SSSR count). The molecule has 0 atom stereocenters. The molecule has 1 aliphatic rings. The molecule has 6 nitrogen and oxygen atoms in total. The fourth-order valence-electron chi connectivity index (χ4n) is 2.37. The Labute approximate surface area is 126 Å². The highest BCUT2D eigenvalue weighted by Crippen LogP contribution is 2.28. The number of fused-ring (bicyclic) bond motifs is 1. The number of hydrogen-bond acceptors (Lipinski definition) is 5. The minimum absolute atomic E-state index is 0.0166. The van der Waals surface area contributed by atoms with E-state index >= 15 is 0 Å². The average Bonchev–Trinajstić information content (AvgIpc) is 3.23. The zero-order valence-electron chi connectivity index (χ0n) is 12.1. The number of aryl methyl sites for hydroxylation is 1. The van der Waals surface area contributed by atoms with Crippen LogP contribution in [0.1, 0.15) is 24.2 Å². The normalized spacial score (nSPS) is 14.8. The number of nitrogens with zero attached hydrogens (tertiary/aromatic N) is 2. The van der Waals surface area contributed by atoms with E-state index < -0.39 is 0 Å². The van der Waals surface area contributed by atoms with Crippen LogP contribution in [0.15, 0.2) is 10.2 Å². The van der Waals surface area contributed by atoms with Crippen molar-refractivity contribution in [1.82, 2.24) is 20.2 Å². The van der Waals surface area contributed by atoms with E-state index in [9.17, 15) is 9.59 Å². The van der Waals surface area contributed by atoms with Crippen molar-refractivity contribution in [3.05, 3.63) is 27.1 Å². The highest BCUT2D eigenvalue weighted by Gasteiger charge is 2.30. The monoisotopic (exact) mass is 306 g/mol. The second-order valence-corrected chi connectivity index (χ2v) is 6.30. The Balaban J connectivity index is 1.87. The van der Waals surface area contributed by atoms with Gasteiger partial charge in [-0.3, -0.25) is 14.5 Å². The van der Waals surface area contributed by atoms with E-state index in [0.717, 1.165) is 23.9 Å². The topological polar surface area (TPSA) is 78.1 Å². The van der Waals surface area contributed by atoms with Gasteiger partial charge in [-0.25, -0.2) is 4.98 Å². The summed E-state index contributed by atoms with van der Waals surface area (Å²) < 4.78 is 0.667. The van der Waals surface area contributed by atoms with Crippen LogP contribution < -0.4 is 10.9 Å². The molecule has 2 N–H and O–H groups in total. The molecular weight excluding hydrogens is 288 g/mol. The first-order valence-corrected chi connectivity index (χ1v) is 7.88. The maximum atomic E-state index is 12.1. The van der Waals surface area contributed by atoms with Crippen LogP contribution in [-0.2, 0) is 11.3 Å². The standard InChI is InChI=1S/C14H18N4O2S/c1-8-7-21-13-12(8)16-10(17-14(13)20)5-18(9-3-4-9)6-11(19)15-2/h7,9H,3-6H2,1-2H3,(H,15,19)(H,16,17,20). The number of aromatic amines is 1. The van der Waals surface area contributed by atoms with Crippen LogP contribution in [0.3, 0.4) is 0 Å². The number of H-pyrrole nitrogens is 1. The third-order valence-electron chi connectivity index (χ3n) is 3.69. The van der Waals surface area contributed by atoms with E-state index in [0.29, 0.717) is 29.7 Å². The zero-order valence-corrected chi connectivity index (χ0v) is 12.9. The molecule has 1 amide bonds.